The molecule has 3 heterocycles. The van der Waals surface area contributed by atoms with Gasteiger partial charge >= 0.3 is 5.76 Å². The molecule has 0 saturated heterocycles. The molecule has 0 aliphatic carbocycles. The fourth-order valence-corrected chi connectivity index (χ4v) is 2.88. The number of carbonyl (C=O) groups is 1. The van der Waals surface area contributed by atoms with Crippen molar-refractivity contribution < 1.29 is 13.8 Å². The lowest BCUT2D eigenvalue weighted by Crippen LogP contribution is -2.12. The van der Waals surface area contributed by atoms with Crippen LogP contribution in [0.2, 0.25) is 0 Å². The molecule has 8 nitrogen and oxygen atoms in total. The molecular formula is C16H10N4O4S. The topological polar surface area (TPSA) is 114 Å². The number of nitrogens with one attached hydrogen (secondary N) is 2. The Hall–Kier alpha value is -3.46. The van der Waals surface area contributed by atoms with E-state index < -0.39 is 11.7 Å². The number of carbonyl (C=O) groups excluding carboxylic acids is 1. The van der Waals surface area contributed by atoms with E-state index in [0.717, 1.165) is 4.88 Å². The average Bonchev–Trinajstić information content (AvgIpc) is 3.36. The quantitative estimate of drug-likeness (QED) is 0.582. The predicted molar refractivity (Wildman–Crippen MR) is 90.3 cm³/mol. The van der Waals surface area contributed by atoms with Crippen molar-refractivity contribution in [2.75, 3.05) is 5.32 Å². The van der Waals surface area contributed by atoms with Crippen LogP contribution in [-0.4, -0.2) is 21.2 Å². The second-order valence-corrected chi connectivity index (χ2v) is 5.98. The van der Waals surface area contributed by atoms with E-state index in [0.29, 0.717) is 17.0 Å². The molecule has 0 radical (unpaired) electrons. The molecule has 124 valence electrons. The van der Waals surface area contributed by atoms with Crippen LogP contribution < -0.4 is 11.1 Å². The molecule has 4 rings (SSSR count). The number of anilines is 1. The van der Waals surface area contributed by atoms with Gasteiger partial charge in [-0.2, -0.15) is 0 Å². The number of nitrogens with zero attached hydrogens (tertiary/aromatic N) is 2. The van der Waals surface area contributed by atoms with Gasteiger partial charge in [-0.05, 0) is 23.6 Å². The van der Waals surface area contributed by atoms with Gasteiger partial charge in [0.2, 0.25) is 0 Å². The summed E-state index contributed by atoms with van der Waals surface area (Å²) in [5.41, 5.74) is 1.29. The van der Waals surface area contributed by atoms with E-state index in [2.05, 4.69) is 25.1 Å². The first-order valence-electron chi connectivity index (χ1n) is 7.17. The number of hydrogen-bond acceptors (Lipinski definition) is 7. The summed E-state index contributed by atoms with van der Waals surface area (Å²) >= 11 is 1.50. The number of aromatic amines is 1. The monoisotopic (exact) mass is 354 g/mol. The fourth-order valence-electron chi connectivity index (χ4n) is 2.21. The van der Waals surface area contributed by atoms with Crippen molar-refractivity contribution in [1.29, 1.82) is 0 Å². The number of amides is 1. The van der Waals surface area contributed by atoms with Crippen LogP contribution in [0.25, 0.3) is 22.0 Å². The normalized spacial score (nSPS) is 10.7. The third kappa shape index (κ3) is 3.12. The van der Waals surface area contributed by atoms with E-state index in [1.165, 1.54) is 11.3 Å². The van der Waals surface area contributed by atoms with Crippen LogP contribution in [-0.2, 0) is 0 Å². The molecule has 1 aromatic carbocycles. The highest BCUT2D eigenvalue weighted by molar-refractivity contribution is 7.13. The summed E-state index contributed by atoms with van der Waals surface area (Å²) in [5, 5.41) is 12.1. The van der Waals surface area contributed by atoms with Crippen LogP contribution in [0.1, 0.15) is 10.5 Å². The summed E-state index contributed by atoms with van der Waals surface area (Å²) in [6.07, 6.45) is 0. The van der Waals surface area contributed by atoms with Crippen LogP contribution in [0, 0.1) is 0 Å². The van der Waals surface area contributed by atoms with Gasteiger partial charge in [-0.15, -0.1) is 11.3 Å². The van der Waals surface area contributed by atoms with Gasteiger partial charge in [-0.1, -0.05) is 28.5 Å². The Morgan fingerprint density at radius 2 is 2.04 bits per heavy atom. The maximum Gasteiger partial charge on any atom is 0.439 e. The first-order chi connectivity index (χ1) is 12.2. The van der Waals surface area contributed by atoms with Crippen molar-refractivity contribution in [3.05, 3.63) is 64.1 Å². The van der Waals surface area contributed by atoms with Crippen molar-refractivity contribution in [2.45, 2.75) is 0 Å². The molecule has 1 amide bonds. The van der Waals surface area contributed by atoms with Gasteiger partial charge in [0.25, 0.3) is 5.91 Å². The summed E-state index contributed by atoms with van der Waals surface area (Å²) < 4.78 is 9.68. The Bertz CT molecular complexity index is 1080. The molecule has 2 N–H and O–H groups in total. The molecule has 3 aromatic heterocycles. The standard InChI is InChI=1S/C16H10N4O4S/c21-15(11-8-12(23-19-11)13-5-2-6-25-13)17-10-4-1-3-9(7-10)14-18-16(22)24-20-14/h1-8H,(H,17,21)(H,18,20,22). The van der Waals surface area contributed by atoms with Gasteiger partial charge in [0.1, 0.15) is 0 Å². The van der Waals surface area contributed by atoms with E-state index in [-0.39, 0.29) is 11.5 Å². The van der Waals surface area contributed by atoms with Crippen LogP contribution in [0.4, 0.5) is 5.69 Å². The Labute approximate surface area is 144 Å². The molecule has 4 aromatic rings. The van der Waals surface area contributed by atoms with Crippen molar-refractivity contribution in [3.8, 4) is 22.0 Å². The second-order valence-electron chi connectivity index (χ2n) is 5.03. The highest BCUT2D eigenvalue weighted by atomic mass is 32.1. The van der Waals surface area contributed by atoms with Crippen molar-refractivity contribution in [1.82, 2.24) is 15.3 Å². The molecule has 0 aliphatic heterocycles. The zero-order valence-electron chi connectivity index (χ0n) is 12.6. The third-order valence-corrected chi connectivity index (χ3v) is 4.23. The van der Waals surface area contributed by atoms with Crippen molar-refractivity contribution in [2.24, 2.45) is 0 Å². The minimum absolute atomic E-state index is 0.170. The molecular weight excluding hydrogens is 344 g/mol. The molecule has 0 spiro atoms. The van der Waals surface area contributed by atoms with E-state index in [1.54, 1.807) is 30.3 Å². The highest BCUT2D eigenvalue weighted by Crippen LogP contribution is 2.25. The number of rotatable bonds is 4. The average molecular weight is 354 g/mol. The van der Waals surface area contributed by atoms with Gasteiger partial charge in [0.15, 0.2) is 17.3 Å². The largest absolute Gasteiger partial charge is 0.439 e. The summed E-state index contributed by atoms with van der Waals surface area (Å²) in [7, 11) is 0. The van der Waals surface area contributed by atoms with Crippen LogP contribution >= 0.6 is 11.3 Å². The SMILES string of the molecule is O=C(Nc1cccc(-c2noc(=O)[nH]2)c1)c1cc(-c2cccs2)on1. The second kappa shape index (κ2) is 6.21. The molecule has 0 saturated carbocycles. The van der Waals surface area contributed by atoms with Gasteiger partial charge < -0.3 is 9.84 Å². The van der Waals surface area contributed by atoms with Crippen molar-refractivity contribution in [3.63, 3.8) is 0 Å². The van der Waals surface area contributed by atoms with Gasteiger partial charge in [0.05, 0.1) is 4.88 Å². The Balaban J connectivity index is 1.54. The van der Waals surface area contributed by atoms with Crippen LogP contribution in [0.5, 0.6) is 0 Å². The van der Waals surface area contributed by atoms with E-state index in [9.17, 15) is 9.59 Å². The minimum atomic E-state index is -0.645. The molecule has 0 bridgehead atoms. The molecule has 0 unspecified atom stereocenters. The summed E-state index contributed by atoms with van der Waals surface area (Å²) in [5.74, 6) is -0.234. The third-order valence-electron chi connectivity index (χ3n) is 3.34. The fraction of sp³-hybridized carbons (Fsp3) is 0. The van der Waals surface area contributed by atoms with Gasteiger partial charge in [-0.25, -0.2) is 4.79 Å². The number of thiophene rings is 1. The zero-order chi connectivity index (χ0) is 17.2. The van der Waals surface area contributed by atoms with Crippen LogP contribution in [0.15, 0.2) is 61.7 Å². The van der Waals surface area contributed by atoms with Crippen LogP contribution in [0.3, 0.4) is 0 Å². The smallest absolute Gasteiger partial charge is 0.355 e. The lowest BCUT2D eigenvalue weighted by Gasteiger charge is -2.04. The Morgan fingerprint density at radius 3 is 2.80 bits per heavy atom. The summed E-state index contributed by atoms with van der Waals surface area (Å²) in [4.78, 5) is 26.7. The number of hydrogen-bond donors (Lipinski definition) is 2. The number of aromatic nitrogens is 3. The van der Waals surface area contributed by atoms with E-state index >= 15 is 0 Å². The first kappa shape index (κ1) is 15.1. The Kier molecular flexibility index (Phi) is 3.75. The predicted octanol–water partition coefficient (Wildman–Crippen LogP) is 3.00. The summed E-state index contributed by atoms with van der Waals surface area (Å²) in [6, 6.07) is 12.2. The maximum absolute atomic E-state index is 12.3. The zero-order valence-corrected chi connectivity index (χ0v) is 13.4. The highest BCUT2D eigenvalue weighted by Gasteiger charge is 2.15. The lowest BCUT2D eigenvalue weighted by molar-refractivity contribution is 0.101. The molecule has 0 fully saturated rings. The van der Waals surface area contributed by atoms with E-state index in [1.807, 2.05) is 17.5 Å². The molecule has 25 heavy (non-hydrogen) atoms. The number of benzene rings is 1. The van der Waals surface area contributed by atoms with Crippen molar-refractivity contribution >= 4 is 22.9 Å². The minimum Gasteiger partial charge on any atom is -0.355 e. The molecule has 0 atom stereocenters. The first-order valence-corrected chi connectivity index (χ1v) is 8.05. The number of H-pyrrole nitrogens is 1. The lowest BCUT2D eigenvalue weighted by atomic mass is 10.2. The van der Waals surface area contributed by atoms with E-state index in [4.69, 9.17) is 4.52 Å². The maximum atomic E-state index is 12.3. The summed E-state index contributed by atoms with van der Waals surface area (Å²) in [6.45, 7) is 0. The van der Waals surface area contributed by atoms with Gasteiger partial charge in [-0.3, -0.25) is 14.3 Å². The Morgan fingerprint density at radius 1 is 1.12 bits per heavy atom. The molecule has 0 aliphatic rings. The van der Waals surface area contributed by atoms with Gasteiger partial charge in [0, 0.05) is 17.3 Å². The molecule has 9 heteroatoms.